The van der Waals surface area contributed by atoms with Gasteiger partial charge in [0.1, 0.15) is 5.75 Å². The third-order valence-electron chi connectivity index (χ3n) is 7.27. The molecule has 2 N–H and O–H groups in total. The first-order valence-electron chi connectivity index (χ1n) is 12.1. The second-order valence-corrected chi connectivity index (χ2v) is 9.51. The van der Waals surface area contributed by atoms with Crippen molar-refractivity contribution in [1.82, 2.24) is 24.8 Å². The molecule has 1 aromatic carbocycles. The molecule has 1 atom stereocenters. The second-order valence-electron chi connectivity index (χ2n) is 9.51. The van der Waals surface area contributed by atoms with Crippen molar-refractivity contribution in [3.63, 3.8) is 0 Å². The fraction of sp³-hybridized carbons (Fsp3) is 0.423. The maximum Gasteiger partial charge on any atom is 0.229 e. The van der Waals surface area contributed by atoms with Gasteiger partial charge in [-0.2, -0.15) is 0 Å². The average molecular weight is 474 g/mol. The third kappa shape index (κ3) is 4.50. The highest BCUT2D eigenvalue weighted by Gasteiger charge is 2.44. The number of nitrogens with two attached hydrogens (primary N) is 1. The van der Waals surface area contributed by atoms with Crippen LogP contribution in [0.4, 0.5) is 11.9 Å². The molecule has 0 unspecified atom stereocenters. The lowest BCUT2D eigenvalue weighted by Crippen LogP contribution is -2.49. The van der Waals surface area contributed by atoms with Gasteiger partial charge in [0, 0.05) is 49.2 Å². The van der Waals surface area contributed by atoms with Gasteiger partial charge in [-0.05, 0) is 49.4 Å². The Bertz CT molecular complexity index is 1200. The number of ether oxygens (including phenoxy) is 1. The summed E-state index contributed by atoms with van der Waals surface area (Å²) in [5.74, 6) is 1.88. The van der Waals surface area contributed by atoms with Crippen LogP contribution in [-0.2, 0) is 4.79 Å². The Balaban J connectivity index is 1.40. The van der Waals surface area contributed by atoms with Crippen LogP contribution in [0, 0.1) is 5.41 Å². The van der Waals surface area contributed by atoms with Crippen LogP contribution >= 0.6 is 0 Å². The number of carbonyl (C=O) groups is 1. The normalized spacial score (nSPS) is 19.5. The molecule has 3 aromatic rings. The fourth-order valence-electron chi connectivity index (χ4n) is 5.19. The van der Waals surface area contributed by atoms with Gasteiger partial charge in [0.2, 0.25) is 17.8 Å². The molecule has 9 nitrogen and oxygen atoms in total. The highest BCUT2D eigenvalue weighted by Crippen LogP contribution is 2.42. The zero-order chi connectivity index (χ0) is 24.4. The van der Waals surface area contributed by atoms with Crippen LogP contribution in [0.5, 0.6) is 5.75 Å². The van der Waals surface area contributed by atoms with Crippen molar-refractivity contribution in [2.24, 2.45) is 5.41 Å². The highest BCUT2D eigenvalue weighted by atomic mass is 16.5. The first kappa shape index (κ1) is 23.0. The van der Waals surface area contributed by atoms with Crippen molar-refractivity contribution in [3.05, 3.63) is 54.6 Å². The van der Waals surface area contributed by atoms with Crippen molar-refractivity contribution < 1.29 is 9.53 Å². The van der Waals surface area contributed by atoms with E-state index in [0.717, 1.165) is 67.3 Å². The number of rotatable bonds is 5. The van der Waals surface area contributed by atoms with Gasteiger partial charge in [-0.1, -0.05) is 19.1 Å². The molecule has 4 heterocycles. The lowest BCUT2D eigenvalue weighted by molar-refractivity contribution is -0.143. The minimum Gasteiger partial charge on any atom is -0.497 e. The van der Waals surface area contributed by atoms with E-state index in [9.17, 15) is 4.79 Å². The molecule has 1 amide bonds. The molecule has 9 heteroatoms. The molecule has 2 saturated heterocycles. The number of anilines is 2. The lowest BCUT2D eigenvalue weighted by Gasteiger charge is -2.41. The lowest BCUT2D eigenvalue weighted by atomic mass is 9.78. The molecule has 35 heavy (non-hydrogen) atoms. The van der Waals surface area contributed by atoms with E-state index in [4.69, 9.17) is 10.5 Å². The van der Waals surface area contributed by atoms with Crippen LogP contribution in [0.3, 0.4) is 0 Å². The van der Waals surface area contributed by atoms with Gasteiger partial charge in [0.05, 0.1) is 18.8 Å². The van der Waals surface area contributed by atoms with Crippen LogP contribution in [-0.4, -0.2) is 57.5 Å². The summed E-state index contributed by atoms with van der Waals surface area (Å²) in [6.07, 6.45) is 8.54. The number of nitrogens with zero attached hydrogens (tertiary/aromatic N) is 6. The maximum absolute atomic E-state index is 14.0. The number of benzene rings is 1. The van der Waals surface area contributed by atoms with Gasteiger partial charge < -0.3 is 20.3 Å². The quantitative estimate of drug-likeness (QED) is 0.600. The number of methoxy groups -OCH3 is 1. The third-order valence-corrected chi connectivity index (χ3v) is 7.27. The predicted molar refractivity (Wildman–Crippen MR) is 134 cm³/mol. The summed E-state index contributed by atoms with van der Waals surface area (Å²) in [6, 6.07) is 9.49. The van der Waals surface area contributed by atoms with E-state index in [2.05, 4.69) is 31.8 Å². The first-order valence-corrected chi connectivity index (χ1v) is 12.1. The summed E-state index contributed by atoms with van der Waals surface area (Å²) in [5.41, 5.74) is 8.21. The maximum atomic E-state index is 14.0. The monoisotopic (exact) mass is 473 g/mol. The van der Waals surface area contributed by atoms with Crippen molar-refractivity contribution in [2.75, 3.05) is 37.4 Å². The average Bonchev–Trinajstić information content (AvgIpc) is 3.39. The molecule has 2 aliphatic heterocycles. The van der Waals surface area contributed by atoms with Crippen LogP contribution < -0.4 is 15.4 Å². The highest BCUT2D eigenvalue weighted by molar-refractivity contribution is 5.84. The number of aromatic nitrogens is 4. The summed E-state index contributed by atoms with van der Waals surface area (Å²) in [4.78, 5) is 35.8. The molecular weight excluding hydrogens is 442 g/mol. The first-order chi connectivity index (χ1) is 17.0. The van der Waals surface area contributed by atoms with Crippen molar-refractivity contribution in [2.45, 2.75) is 38.6 Å². The standard InChI is InChI=1S/C26H31N7O2/c1-26(9-14-32(15-10-26)25-28-11-5-12-29-25)23(34)33-13-4-8-21(33)22-20(17-30-24(27)31-22)18-6-3-7-19(16-18)35-2/h3,5-7,11-12,16-17,21H,4,8-10,13-15H2,1-2H3,(H2,27,30,31)/t21-/m0/s1. The van der Waals surface area contributed by atoms with Crippen LogP contribution in [0.2, 0.25) is 0 Å². The molecule has 0 radical (unpaired) electrons. The van der Waals surface area contributed by atoms with E-state index in [1.54, 1.807) is 25.7 Å². The van der Waals surface area contributed by atoms with Gasteiger partial charge in [-0.25, -0.2) is 19.9 Å². The van der Waals surface area contributed by atoms with Gasteiger partial charge in [0.15, 0.2) is 0 Å². The Labute approximate surface area is 205 Å². The molecule has 0 spiro atoms. The minimum absolute atomic E-state index is 0.138. The summed E-state index contributed by atoms with van der Waals surface area (Å²) in [6.45, 7) is 4.30. The fourth-order valence-corrected chi connectivity index (χ4v) is 5.19. The number of carbonyl (C=O) groups excluding carboxylic acids is 1. The Morgan fingerprint density at radius 1 is 1.11 bits per heavy atom. The predicted octanol–water partition coefficient (Wildman–Crippen LogP) is 3.49. The largest absolute Gasteiger partial charge is 0.497 e. The van der Waals surface area contributed by atoms with Crippen LogP contribution in [0.15, 0.2) is 48.9 Å². The number of hydrogen-bond donors (Lipinski definition) is 1. The van der Waals surface area contributed by atoms with Gasteiger partial charge in [-0.15, -0.1) is 0 Å². The second kappa shape index (κ2) is 9.48. The molecule has 5 rings (SSSR count). The van der Waals surface area contributed by atoms with E-state index >= 15 is 0 Å². The Morgan fingerprint density at radius 3 is 2.63 bits per heavy atom. The van der Waals surface area contributed by atoms with Gasteiger partial charge in [0.25, 0.3) is 0 Å². The summed E-state index contributed by atoms with van der Waals surface area (Å²) < 4.78 is 5.42. The summed E-state index contributed by atoms with van der Waals surface area (Å²) in [5, 5.41) is 0. The Hall–Kier alpha value is -3.75. The molecule has 2 aromatic heterocycles. The zero-order valence-corrected chi connectivity index (χ0v) is 20.2. The molecule has 0 aliphatic carbocycles. The van der Waals surface area contributed by atoms with E-state index < -0.39 is 5.41 Å². The van der Waals surface area contributed by atoms with Gasteiger partial charge >= 0.3 is 0 Å². The molecular formula is C26H31N7O2. The minimum atomic E-state index is -0.442. The SMILES string of the molecule is COc1cccc(-c2cnc(N)nc2[C@@H]2CCCN2C(=O)C2(C)CCN(c3ncccn3)CC2)c1. The zero-order valence-electron chi connectivity index (χ0n) is 20.2. The van der Waals surface area contributed by atoms with Crippen molar-refractivity contribution in [1.29, 1.82) is 0 Å². The smallest absolute Gasteiger partial charge is 0.229 e. The van der Waals surface area contributed by atoms with Crippen LogP contribution in [0.25, 0.3) is 11.1 Å². The molecule has 0 saturated carbocycles. The molecule has 182 valence electrons. The Kier molecular flexibility index (Phi) is 6.23. The van der Waals surface area contributed by atoms with E-state index in [0.29, 0.717) is 6.54 Å². The van der Waals surface area contributed by atoms with E-state index in [-0.39, 0.29) is 17.9 Å². The van der Waals surface area contributed by atoms with E-state index in [1.807, 2.05) is 35.2 Å². The summed E-state index contributed by atoms with van der Waals surface area (Å²) in [7, 11) is 1.65. The number of amides is 1. The number of hydrogen-bond acceptors (Lipinski definition) is 8. The number of nitrogen functional groups attached to an aromatic ring is 1. The topological polar surface area (TPSA) is 110 Å². The van der Waals surface area contributed by atoms with Crippen molar-refractivity contribution in [3.8, 4) is 16.9 Å². The van der Waals surface area contributed by atoms with Crippen LogP contribution in [0.1, 0.15) is 44.3 Å². The van der Waals surface area contributed by atoms with E-state index in [1.165, 1.54) is 0 Å². The number of likely N-dealkylation sites (tertiary alicyclic amines) is 1. The molecule has 2 fully saturated rings. The summed E-state index contributed by atoms with van der Waals surface area (Å²) >= 11 is 0. The molecule has 2 aliphatic rings. The number of piperidine rings is 1. The van der Waals surface area contributed by atoms with Gasteiger partial charge in [-0.3, -0.25) is 4.79 Å². The Morgan fingerprint density at radius 2 is 1.89 bits per heavy atom. The van der Waals surface area contributed by atoms with Crippen molar-refractivity contribution >= 4 is 17.8 Å². The molecule has 0 bridgehead atoms.